The Balaban J connectivity index is 0.00000245. The Kier molecular flexibility index (Phi) is 6.66. The van der Waals surface area contributed by atoms with Crippen LogP contribution in [0.5, 0.6) is 11.5 Å². The molecule has 8 heteroatoms. The highest BCUT2D eigenvalue weighted by Crippen LogP contribution is 2.37. The first kappa shape index (κ1) is 22.2. The summed E-state index contributed by atoms with van der Waals surface area (Å²) in [4.78, 5) is 16.2. The summed E-state index contributed by atoms with van der Waals surface area (Å²) < 4.78 is 10.7. The average molecular weight is 468 g/mol. The lowest BCUT2D eigenvalue weighted by molar-refractivity contribution is -0.115. The van der Waals surface area contributed by atoms with E-state index >= 15 is 0 Å². The van der Waals surface area contributed by atoms with Crippen LogP contribution >= 0.6 is 23.7 Å². The van der Waals surface area contributed by atoms with Crippen molar-refractivity contribution < 1.29 is 14.3 Å². The van der Waals surface area contributed by atoms with Gasteiger partial charge in [-0.25, -0.2) is 0 Å². The summed E-state index contributed by atoms with van der Waals surface area (Å²) in [6.45, 7) is 2.78. The van der Waals surface area contributed by atoms with Crippen molar-refractivity contribution in [3.63, 3.8) is 0 Å². The molecule has 0 unspecified atom stereocenters. The fourth-order valence-corrected chi connectivity index (χ4v) is 5.30. The van der Waals surface area contributed by atoms with Crippen LogP contribution in [-0.2, 0) is 30.7 Å². The Bertz CT molecular complexity index is 1170. The van der Waals surface area contributed by atoms with Gasteiger partial charge in [-0.2, -0.15) is 5.26 Å². The van der Waals surface area contributed by atoms with Gasteiger partial charge in [-0.05, 0) is 35.2 Å². The standard InChI is InChI=1S/C24H21N3O3S.ClH/c25-12-19-18-8-9-27(13-16-4-2-1-3-5-16)14-22(18)31-24(19)26-23(28)11-17-6-7-20-21(10-17)30-15-29-20;/h1-7,10H,8-9,11,13-15H2,(H,26,28);1H. The van der Waals surface area contributed by atoms with E-state index in [1.165, 1.54) is 16.9 Å². The predicted octanol–water partition coefficient (Wildman–Crippen LogP) is 4.51. The molecule has 0 spiro atoms. The minimum atomic E-state index is -0.143. The smallest absolute Gasteiger partial charge is 0.231 e. The van der Waals surface area contributed by atoms with Crippen molar-refractivity contribution in [1.82, 2.24) is 4.90 Å². The maximum atomic E-state index is 12.7. The van der Waals surface area contributed by atoms with E-state index in [9.17, 15) is 10.1 Å². The van der Waals surface area contributed by atoms with Crippen LogP contribution < -0.4 is 14.8 Å². The molecule has 0 bridgehead atoms. The van der Waals surface area contributed by atoms with E-state index in [0.717, 1.165) is 42.1 Å². The van der Waals surface area contributed by atoms with Crippen molar-refractivity contribution in [1.29, 1.82) is 5.26 Å². The number of fused-ring (bicyclic) bond motifs is 2. The molecule has 0 saturated heterocycles. The number of anilines is 1. The molecule has 0 atom stereocenters. The number of nitriles is 1. The quantitative estimate of drug-likeness (QED) is 0.597. The number of carbonyl (C=O) groups excluding carboxylic acids is 1. The number of nitrogens with one attached hydrogen (secondary N) is 1. The number of nitrogens with zero attached hydrogens (tertiary/aromatic N) is 2. The van der Waals surface area contributed by atoms with Gasteiger partial charge in [0.1, 0.15) is 11.1 Å². The van der Waals surface area contributed by atoms with E-state index in [4.69, 9.17) is 9.47 Å². The summed E-state index contributed by atoms with van der Waals surface area (Å²) in [6.07, 6.45) is 1.03. The third-order valence-corrected chi connectivity index (χ3v) is 6.68. The summed E-state index contributed by atoms with van der Waals surface area (Å²) in [5.74, 6) is 1.21. The lowest BCUT2D eigenvalue weighted by Gasteiger charge is -2.26. The second kappa shape index (κ2) is 9.61. The Labute approximate surface area is 196 Å². The third kappa shape index (κ3) is 4.58. The average Bonchev–Trinajstić information content (AvgIpc) is 3.37. The zero-order valence-corrected chi connectivity index (χ0v) is 18.9. The van der Waals surface area contributed by atoms with E-state index < -0.39 is 0 Å². The summed E-state index contributed by atoms with van der Waals surface area (Å²) in [7, 11) is 0. The minimum Gasteiger partial charge on any atom is -0.454 e. The van der Waals surface area contributed by atoms with E-state index in [0.29, 0.717) is 22.1 Å². The van der Waals surface area contributed by atoms with Crippen molar-refractivity contribution in [3.8, 4) is 17.6 Å². The first-order valence-corrected chi connectivity index (χ1v) is 11.0. The molecule has 0 fully saturated rings. The molecule has 1 N–H and O–H groups in total. The maximum Gasteiger partial charge on any atom is 0.231 e. The number of ether oxygens (including phenoxy) is 2. The van der Waals surface area contributed by atoms with Gasteiger partial charge in [-0.1, -0.05) is 36.4 Å². The van der Waals surface area contributed by atoms with Crippen molar-refractivity contribution in [3.05, 3.63) is 75.7 Å². The maximum absolute atomic E-state index is 12.7. The number of rotatable bonds is 5. The summed E-state index contributed by atoms with van der Waals surface area (Å²) in [5.41, 5.74) is 3.81. The number of amides is 1. The Hall–Kier alpha value is -3.05. The molecule has 0 saturated carbocycles. The van der Waals surface area contributed by atoms with E-state index in [-0.39, 0.29) is 31.5 Å². The number of hydrogen-bond acceptors (Lipinski definition) is 6. The zero-order chi connectivity index (χ0) is 21.2. The largest absolute Gasteiger partial charge is 0.454 e. The molecule has 32 heavy (non-hydrogen) atoms. The van der Waals surface area contributed by atoms with Crippen molar-refractivity contribution in [2.45, 2.75) is 25.9 Å². The number of carbonyl (C=O) groups is 1. The molecule has 6 nitrogen and oxygen atoms in total. The molecular weight excluding hydrogens is 446 g/mol. The van der Waals surface area contributed by atoms with Crippen LogP contribution in [0.3, 0.4) is 0 Å². The molecule has 0 aliphatic carbocycles. The van der Waals surface area contributed by atoms with E-state index in [2.05, 4.69) is 40.6 Å². The predicted molar refractivity (Wildman–Crippen MR) is 125 cm³/mol. The van der Waals surface area contributed by atoms with Gasteiger partial charge in [-0.3, -0.25) is 9.69 Å². The van der Waals surface area contributed by atoms with Crippen molar-refractivity contribution >= 4 is 34.7 Å². The fourth-order valence-electron chi connectivity index (χ4n) is 4.05. The molecule has 5 rings (SSSR count). The molecular formula is C24H22ClN3O3S. The highest BCUT2D eigenvalue weighted by molar-refractivity contribution is 7.16. The molecule has 2 aliphatic rings. The van der Waals surface area contributed by atoms with Crippen LogP contribution in [0.4, 0.5) is 5.00 Å². The van der Waals surface area contributed by atoms with Gasteiger partial charge in [0, 0.05) is 24.5 Å². The second-order valence-electron chi connectivity index (χ2n) is 7.68. The van der Waals surface area contributed by atoms with Gasteiger partial charge in [0.25, 0.3) is 0 Å². The zero-order valence-electron chi connectivity index (χ0n) is 17.3. The number of hydrogen-bond donors (Lipinski definition) is 1. The topological polar surface area (TPSA) is 74.6 Å². The summed E-state index contributed by atoms with van der Waals surface area (Å²) in [5, 5.41) is 13.4. The fraction of sp³-hybridized carbons (Fsp3) is 0.250. The molecule has 3 aromatic rings. The summed E-state index contributed by atoms with van der Waals surface area (Å²) in [6, 6.07) is 18.2. The Morgan fingerprint density at radius 3 is 2.75 bits per heavy atom. The first-order chi connectivity index (χ1) is 15.2. The number of benzene rings is 2. The first-order valence-electron chi connectivity index (χ1n) is 10.2. The molecule has 2 aliphatic heterocycles. The van der Waals surface area contributed by atoms with Gasteiger partial charge in [0.05, 0.1) is 12.0 Å². The van der Waals surface area contributed by atoms with Crippen LogP contribution in [0.15, 0.2) is 48.5 Å². The monoisotopic (exact) mass is 467 g/mol. The van der Waals surface area contributed by atoms with Crippen molar-refractivity contribution in [2.75, 3.05) is 18.7 Å². The molecule has 0 radical (unpaired) electrons. The Morgan fingerprint density at radius 2 is 1.94 bits per heavy atom. The molecule has 2 aromatic carbocycles. The van der Waals surface area contributed by atoms with Crippen molar-refractivity contribution in [2.24, 2.45) is 0 Å². The summed E-state index contributed by atoms with van der Waals surface area (Å²) >= 11 is 1.52. The van der Waals surface area contributed by atoms with Crippen LogP contribution in [0.1, 0.15) is 27.1 Å². The van der Waals surface area contributed by atoms with Gasteiger partial charge in [-0.15, -0.1) is 23.7 Å². The highest BCUT2D eigenvalue weighted by Gasteiger charge is 2.25. The lowest BCUT2D eigenvalue weighted by atomic mass is 10.0. The van der Waals surface area contributed by atoms with Crippen LogP contribution in [-0.4, -0.2) is 24.1 Å². The van der Waals surface area contributed by atoms with Gasteiger partial charge in [0.15, 0.2) is 11.5 Å². The minimum absolute atomic E-state index is 0. The number of halogens is 1. The Morgan fingerprint density at radius 1 is 1.12 bits per heavy atom. The van der Waals surface area contributed by atoms with Gasteiger partial charge < -0.3 is 14.8 Å². The van der Waals surface area contributed by atoms with Crippen LogP contribution in [0, 0.1) is 11.3 Å². The van der Waals surface area contributed by atoms with E-state index in [1.54, 1.807) is 0 Å². The molecule has 1 aromatic heterocycles. The van der Waals surface area contributed by atoms with E-state index in [1.807, 2.05) is 24.3 Å². The second-order valence-corrected chi connectivity index (χ2v) is 8.78. The highest BCUT2D eigenvalue weighted by atomic mass is 35.5. The van der Waals surface area contributed by atoms with Crippen LogP contribution in [0.2, 0.25) is 0 Å². The molecule has 3 heterocycles. The van der Waals surface area contributed by atoms with Gasteiger partial charge >= 0.3 is 0 Å². The number of thiophene rings is 1. The lowest BCUT2D eigenvalue weighted by Crippen LogP contribution is -2.29. The molecule has 1 amide bonds. The molecule has 164 valence electrons. The normalized spacial score (nSPS) is 14.2. The van der Waals surface area contributed by atoms with Gasteiger partial charge in [0.2, 0.25) is 12.7 Å². The van der Waals surface area contributed by atoms with Crippen LogP contribution in [0.25, 0.3) is 0 Å². The third-order valence-electron chi connectivity index (χ3n) is 5.55. The SMILES string of the molecule is Cl.N#Cc1c(NC(=O)Cc2ccc3c(c2)OCO3)sc2c1CCN(Cc1ccccc1)C2.